The number of nitrogens with one attached hydrogen (secondary N) is 2. The number of carbonyl (C=O) groups excluding carboxylic acids is 1. The number of aromatic nitrogens is 1. The molecule has 1 unspecified atom stereocenters. The summed E-state index contributed by atoms with van der Waals surface area (Å²) in [6.45, 7) is 3.94. The molecule has 1 amide bonds. The lowest BCUT2D eigenvalue weighted by molar-refractivity contribution is -0.119. The summed E-state index contributed by atoms with van der Waals surface area (Å²) in [5.41, 5.74) is 1.90. The Morgan fingerprint density at radius 3 is 2.79 bits per heavy atom. The number of rotatable bonds is 3. The van der Waals surface area contributed by atoms with Gasteiger partial charge in [0.25, 0.3) is 0 Å². The molecule has 2 saturated heterocycles. The lowest BCUT2D eigenvalue weighted by Gasteiger charge is -2.11. The van der Waals surface area contributed by atoms with Gasteiger partial charge >= 0.3 is 0 Å². The molecule has 8 heteroatoms. The van der Waals surface area contributed by atoms with Crippen molar-refractivity contribution in [2.75, 3.05) is 36.4 Å². The summed E-state index contributed by atoms with van der Waals surface area (Å²) in [6, 6.07) is 6.01. The Balaban J connectivity index is 0.00000104. The minimum atomic E-state index is 0. The first kappa shape index (κ1) is 19.2. The number of carbonyl (C=O) groups is 1. The van der Waals surface area contributed by atoms with Gasteiger partial charge in [0.15, 0.2) is 5.13 Å². The van der Waals surface area contributed by atoms with Gasteiger partial charge in [0.05, 0.1) is 16.1 Å². The molecule has 0 aliphatic carbocycles. The monoisotopic (exact) mass is 388 g/mol. The molecule has 0 bridgehead atoms. The van der Waals surface area contributed by atoms with Crippen LogP contribution in [0.5, 0.6) is 0 Å². The van der Waals surface area contributed by atoms with Gasteiger partial charge in [-0.25, -0.2) is 4.98 Å². The molecule has 1 aromatic carbocycles. The van der Waals surface area contributed by atoms with Crippen LogP contribution >= 0.6 is 36.2 Å². The molecule has 1 aromatic heterocycles. The highest BCUT2D eigenvalue weighted by Gasteiger charge is 2.22. The van der Waals surface area contributed by atoms with E-state index in [0.29, 0.717) is 0 Å². The van der Waals surface area contributed by atoms with Gasteiger partial charge in [-0.1, -0.05) is 11.3 Å². The second-order valence-electron chi connectivity index (χ2n) is 6.05. The van der Waals surface area contributed by atoms with E-state index < -0.39 is 0 Å². The van der Waals surface area contributed by atoms with E-state index in [4.69, 9.17) is 4.98 Å². The number of halogens is 2. The predicted molar refractivity (Wildman–Crippen MR) is 105 cm³/mol. The number of thiazole rings is 1. The minimum absolute atomic E-state index is 0. The highest BCUT2D eigenvalue weighted by molar-refractivity contribution is 7.22. The highest BCUT2D eigenvalue weighted by atomic mass is 35.5. The van der Waals surface area contributed by atoms with Gasteiger partial charge in [-0.05, 0) is 44.0 Å². The van der Waals surface area contributed by atoms with Gasteiger partial charge in [0.1, 0.15) is 0 Å². The average molecular weight is 389 g/mol. The van der Waals surface area contributed by atoms with Crippen LogP contribution in [0.3, 0.4) is 0 Å². The van der Waals surface area contributed by atoms with Crippen molar-refractivity contribution < 1.29 is 4.79 Å². The highest BCUT2D eigenvalue weighted by Crippen LogP contribution is 2.32. The smallest absolute Gasteiger partial charge is 0.228 e. The first-order chi connectivity index (χ1) is 10.8. The lowest BCUT2D eigenvalue weighted by atomic mass is 10.1. The van der Waals surface area contributed by atoms with Crippen LogP contribution in [0, 0.1) is 5.92 Å². The van der Waals surface area contributed by atoms with E-state index in [2.05, 4.69) is 15.5 Å². The van der Waals surface area contributed by atoms with Crippen molar-refractivity contribution in [3.05, 3.63) is 18.2 Å². The van der Waals surface area contributed by atoms with Gasteiger partial charge in [0.2, 0.25) is 5.91 Å². The topological polar surface area (TPSA) is 57.3 Å². The normalized spacial score (nSPS) is 19.8. The number of hydrogen-bond donors (Lipinski definition) is 2. The van der Waals surface area contributed by atoms with E-state index in [1.54, 1.807) is 11.3 Å². The zero-order valence-electron chi connectivity index (χ0n) is 13.3. The maximum Gasteiger partial charge on any atom is 0.228 e. The maximum absolute atomic E-state index is 12.2. The van der Waals surface area contributed by atoms with Crippen LogP contribution in [0.4, 0.5) is 10.8 Å². The molecule has 0 spiro atoms. The fraction of sp³-hybridized carbons (Fsp3) is 0.500. The Kier molecular flexibility index (Phi) is 6.69. The van der Waals surface area contributed by atoms with Crippen LogP contribution in [0.15, 0.2) is 18.2 Å². The molecule has 2 aliphatic heterocycles. The Morgan fingerprint density at radius 2 is 2.08 bits per heavy atom. The Labute approximate surface area is 158 Å². The van der Waals surface area contributed by atoms with E-state index in [9.17, 15) is 4.79 Å². The third-order valence-electron chi connectivity index (χ3n) is 4.45. The molecule has 2 N–H and O–H groups in total. The first-order valence-corrected chi connectivity index (χ1v) is 8.78. The van der Waals surface area contributed by atoms with Crippen LogP contribution in [0.25, 0.3) is 10.2 Å². The summed E-state index contributed by atoms with van der Waals surface area (Å²) in [4.78, 5) is 19.3. The van der Waals surface area contributed by atoms with Crippen molar-refractivity contribution >= 4 is 63.1 Å². The number of fused-ring (bicyclic) bond motifs is 1. The standard InChI is InChI=1S/C16H20N4OS.2ClH/c21-15(11-5-6-17-10-11)18-12-3-4-13-14(9-12)22-16(19-13)20-7-1-2-8-20;;/h3-4,9,11,17H,1-2,5-8,10H2,(H,18,21);2*1H. The van der Waals surface area contributed by atoms with E-state index >= 15 is 0 Å². The largest absolute Gasteiger partial charge is 0.348 e. The number of benzene rings is 1. The van der Waals surface area contributed by atoms with Crippen molar-refractivity contribution in [3.8, 4) is 0 Å². The molecule has 2 fully saturated rings. The molecule has 2 aliphatic rings. The fourth-order valence-corrected chi connectivity index (χ4v) is 4.21. The van der Waals surface area contributed by atoms with Crippen LogP contribution in [0.2, 0.25) is 0 Å². The van der Waals surface area contributed by atoms with Crippen LogP contribution in [-0.2, 0) is 4.79 Å². The third kappa shape index (κ3) is 3.94. The third-order valence-corrected chi connectivity index (χ3v) is 5.53. The summed E-state index contributed by atoms with van der Waals surface area (Å²) >= 11 is 1.72. The van der Waals surface area contributed by atoms with Crippen molar-refractivity contribution in [1.29, 1.82) is 0 Å². The SMILES string of the molecule is Cl.Cl.O=C(Nc1ccc2nc(N3CCCC3)sc2c1)C1CCNC1. The van der Waals surface area contributed by atoms with Crippen LogP contribution in [-0.4, -0.2) is 37.1 Å². The minimum Gasteiger partial charge on any atom is -0.348 e. The van der Waals surface area contributed by atoms with Crippen LogP contribution < -0.4 is 15.5 Å². The van der Waals surface area contributed by atoms with Crippen molar-refractivity contribution in [1.82, 2.24) is 10.3 Å². The number of hydrogen-bond acceptors (Lipinski definition) is 5. The zero-order valence-corrected chi connectivity index (χ0v) is 15.7. The molecule has 0 radical (unpaired) electrons. The summed E-state index contributed by atoms with van der Waals surface area (Å²) in [5.74, 6) is 0.214. The van der Waals surface area contributed by atoms with E-state index in [0.717, 1.165) is 53.6 Å². The van der Waals surface area contributed by atoms with Gasteiger partial charge < -0.3 is 15.5 Å². The summed E-state index contributed by atoms with van der Waals surface area (Å²) < 4.78 is 1.14. The zero-order chi connectivity index (χ0) is 14.9. The molecule has 132 valence electrons. The summed E-state index contributed by atoms with van der Waals surface area (Å²) in [6.07, 6.45) is 3.44. The molecule has 4 rings (SSSR count). The second kappa shape index (κ2) is 8.34. The van der Waals surface area contributed by atoms with Crippen molar-refractivity contribution in [3.63, 3.8) is 0 Å². The average Bonchev–Trinajstić information content (AvgIpc) is 3.26. The molecular weight excluding hydrogens is 367 g/mol. The second-order valence-corrected chi connectivity index (χ2v) is 7.06. The fourth-order valence-electron chi connectivity index (χ4n) is 3.16. The summed E-state index contributed by atoms with van der Waals surface area (Å²) in [5, 5.41) is 7.38. The van der Waals surface area contributed by atoms with E-state index in [1.165, 1.54) is 12.8 Å². The molecule has 3 heterocycles. The predicted octanol–water partition coefficient (Wildman–Crippen LogP) is 3.29. The summed E-state index contributed by atoms with van der Waals surface area (Å²) in [7, 11) is 0. The Morgan fingerprint density at radius 1 is 1.29 bits per heavy atom. The number of nitrogens with zero attached hydrogens (tertiary/aromatic N) is 2. The van der Waals surface area contributed by atoms with Gasteiger partial charge in [-0.15, -0.1) is 24.8 Å². The number of anilines is 2. The van der Waals surface area contributed by atoms with Gasteiger partial charge in [-0.2, -0.15) is 0 Å². The number of amides is 1. The first-order valence-electron chi connectivity index (χ1n) is 7.97. The molecule has 1 atom stereocenters. The van der Waals surface area contributed by atoms with E-state index in [-0.39, 0.29) is 36.6 Å². The lowest BCUT2D eigenvalue weighted by Crippen LogP contribution is -2.24. The Hall–Kier alpha value is -1.08. The maximum atomic E-state index is 12.2. The van der Waals surface area contributed by atoms with Crippen molar-refractivity contribution in [2.24, 2.45) is 5.92 Å². The molecule has 0 saturated carbocycles. The van der Waals surface area contributed by atoms with Crippen molar-refractivity contribution in [2.45, 2.75) is 19.3 Å². The molecule has 24 heavy (non-hydrogen) atoms. The molecular formula is C16H22Cl2N4OS. The van der Waals surface area contributed by atoms with Gasteiger partial charge in [0, 0.05) is 25.3 Å². The van der Waals surface area contributed by atoms with E-state index in [1.807, 2.05) is 18.2 Å². The quantitative estimate of drug-likeness (QED) is 0.846. The Bertz CT molecular complexity index is 696. The van der Waals surface area contributed by atoms with Crippen LogP contribution in [0.1, 0.15) is 19.3 Å². The molecule has 5 nitrogen and oxygen atoms in total. The van der Waals surface area contributed by atoms with Gasteiger partial charge in [-0.3, -0.25) is 4.79 Å². The molecule has 2 aromatic rings.